The molecule has 1 aromatic rings. The summed E-state index contributed by atoms with van der Waals surface area (Å²) in [7, 11) is 0. The largest absolute Gasteiger partial charge is 0.478 e. The Kier molecular flexibility index (Phi) is 2.23. The van der Waals surface area contributed by atoms with E-state index in [9.17, 15) is 4.79 Å². The summed E-state index contributed by atoms with van der Waals surface area (Å²) in [5, 5.41) is 12.1. The second-order valence-corrected chi connectivity index (χ2v) is 3.36. The second kappa shape index (κ2) is 3.40. The van der Waals surface area contributed by atoms with Crippen molar-refractivity contribution < 1.29 is 9.90 Å². The van der Waals surface area contributed by atoms with E-state index < -0.39 is 5.97 Å². The average molecular weight is 192 g/mol. The lowest BCUT2D eigenvalue weighted by Crippen LogP contribution is -2.36. The van der Waals surface area contributed by atoms with Gasteiger partial charge in [-0.25, -0.2) is 4.79 Å². The number of carboxylic acid groups (broad SMARTS) is 1. The number of hydrogen-bond donors (Lipinski definition) is 3. The lowest BCUT2D eigenvalue weighted by atomic mass is 9.94. The normalized spacial score (nSPS) is 20.2. The Morgan fingerprint density at radius 3 is 3.07 bits per heavy atom. The van der Waals surface area contributed by atoms with E-state index in [-0.39, 0.29) is 6.17 Å². The van der Waals surface area contributed by atoms with Crippen molar-refractivity contribution in [2.75, 3.05) is 6.54 Å². The summed E-state index contributed by atoms with van der Waals surface area (Å²) >= 11 is 0. The molecule has 0 bridgehead atoms. The van der Waals surface area contributed by atoms with Crippen molar-refractivity contribution in [3.05, 3.63) is 34.9 Å². The molecule has 0 saturated heterocycles. The van der Waals surface area contributed by atoms with Gasteiger partial charge in [0.15, 0.2) is 0 Å². The highest BCUT2D eigenvalue weighted by Crippen LogP contribution is 2.22. The Hall–Kier alpha value is -1.39. The van der Waals surface area contributed by atoms with Crippen LogP contribution in [0.5, 0.6) is 0 Å². The number of nitrogens with one attached hydrogen (secondary N) is 1. The van der Waals surface area contributed by atoms with Crippen LogP contribution in [0.3, 0.4) is 0 Å². The molecular weight excluding hydrogens is 180 g/mol. The molecule has 1 atom stereocenters. The molecule has 0 saturated carbocycles. The van der Waals surface area contributed by atoms with Gasteiger partial charge in [0.2, 0.25) is 0 Å². The van der Waals surface area contributed by atoms with E-state index in [1.165, 1.54) is 0 Å². The minimum atomic E-state index is -0.879. The van der Waals surface area contributed by atoms with Gasteiger partial charge >= 0.3 is 5.97 Å². The summed E-state index contributed by atoms with van der Waals surface area (Å²) in [6.07, 6.45) is 0.490. The highest BCUT2D eigenvalue weighted by atomic mass is 16.4. The number of carbonyl (C=O) groups is 1. The number of rotatable bonds is 1. The van der Waals surface area contributed by atoms with Gasteiger partial charge in [-0.1, -0.05) is 12.1 Å². The van der Waals surface area contributed by atoms with Crippen LogP contribution >= 0.6 is 0 Å². The first kappa shape index (κ1) is 9.18. The van der Waals surface area contributed by atoms with Crippen molar-refractivity contribution in [2.45, 2.75) is 12.6 Å². The SMILES string of the molecule is NC1NCCc2c(C(=O)O)cccc21. The van der Waals surface area contributed by atoms with Crippen molar-refractivity contribution in [3.63, 3.8) is 0 Å². The molecule has 1 unspecified atom stereocenters. The van der Waals surface area contributed by atoms with Crippen LogP contribution in [0.15, 0.2) is 18.2 Å². The van der Waals surface area contributed by atoms with Crippen LogP contribution in [0.2, 0.25) is 0 Å². The minimum Gasteiger partial charge on any atom is -0.478 e. The van der Waals surface area contributed by atoms with Crippen molar-refractivity contribution in [1.29, 1.82) is 0 Å². The number of benzene rings is 1. The zero-order valence-electron chi connectivity index (χ0n) is 7.66. The van der Waals surface area contributed by atoms with Crippen molar-refractivity contribution >= 4 is 5.97 Å². The highest BCUT2D eigenvalue weighted by molar-refractivity contribution is 5.90. The van der Waals surface area contributed by atoms with E-state index in [2.05, 4.69) is 5.32 Å². The van der Waals surface area contributed by atoms with E-state index in [4.69, 9.17) is 10.8 Å². The van der Waals surface area contributed by atoms with Gasteiger partial charge in [-0.3, -0.25) is 5.32 Å². The standard InChI is InChI=1S/C10H12N2O2/c11-9-7-2-1-3-8(10(13)14)6(7)4-5-12-9/h1-3,9,12H,4-5,11H2,(H,13,14). The summed E-state index contributed by atoms with van der Waals surface area (Å²) < 4.78 is 0. The van der Waals surface area contributed by atoms with Crippen LogP contribution in [0.25, 0.3) is 0 Å². The lowest BCUT2D eigenvalue weighted by molar-refractivity contribution is 0.0695. The minimum absolute atomic E-state index is 0.238. The summed E-state index contributed by atoms with van der Waals surface area (Å²) in [5.74, 6) is -0.879. The smallest absolute Gasteiger partial charge is 0.335 e. The number of hydrogen-bond acceptors (Lipinski definition) is 3. The molecule has 0 radical (unpaired) electrons. The first-order valence-electron chi connectivity index (χ1n) is 4.54. The first-order chi connectivity index (χ1) is 6.70. The number of nitrogens with two attached hydrogens (primary N) is 1. The monoisotopic (exact) mass is 192 g/mol. The molecule has 0 aliphatic carbocycles. The molecule has 14 heavy (non-hydrogen) atoms. The maximum Gasteiger partial charge on any atom is 0.335 e. The fourth-order valence-corrected chi connectivity index (χ4v) is 1.84. The number of aromatic carboxylic acids is 1. The van der Waals surface area contributed by atoms with Gasteiger partial charge in [-0.15, -0.1) is 0 Å². The van der Waals surface area contributed by atoms with E-state index >= 15 is 0 Å². The molecule has 0 fully saturated rings. The molecule has 1 aliphatic heterocycles. The summed E-state index contributed by atoms with van der Waals surface area (Å²) in [4.78, 5) is 10.9. The van der Waals surface area contributed by atoms with E-state index in [0.717, 1.165) is 24.1 Å². The molecule has 2 rings (SSSR count). The van der Waals surface area contributed by atoms with Crippen molar-refractivity contribution in [2.24, 2.45) is 5.73 Å². The maximum atomic E-state index is 10.9. The molecule has 0 spiro atoms. The third-order valence-corrected chi connectivity index (χ3v) is 2.52. The molecule has 4 heteroatoms. The van der Waals surface area contributed by atoms with Crippen LogP contribution < -0.4 is 11.1 Å². The Morgan fingerprint density at radius 2 is 2.36 bits per heavy atom. The van der Waals surface area contributed by atoms with Crippen molar-refractivity contribution in [1.82, 2.24) is 5.32 Å². The summed E-state index contributed by atoms with van der Waals surface area (Å²) in [6, 6.07) is 5.23. The Morgan fingerprint density at radius 1 is 1.57 bits per heavy atom. The zero-order chi connectivity index (χ0) is 10.1. The van der Waals surface area contributed by atoms with Gasteiger partial charge in [0, 0.05) is 6.54 Å². The fraction of sp³-hybridized carbons (Fsp3) is 0.300. The van der Waals surface area contributed by atoms with E-state index in [1.54, 1.807) is 12.1 Å². The van der Waals surface area contributed by atoms with Gasteiger partial charge < -0.3 is 10.8 Å². The molecule has 0 aromatic heterocycles. The average Bonchev–Trinajstić information content (AvgIpc) is 2.17. The van der Waals surface area contributed by atoms with Gasteiger partial charge in [-0.2, -0.15) is 0 Å². The Balaban J connectivity index is 2.55. The molecule has 1 aromatic carbocycles. The zero-order valence-corrected chi connectivity index (χ0v) is 7.66. The third kappa shape index (κ3) is 1.38. The summed E-state index contributed by atoms with van der Waals surface area (Å²) in [5.41, 5.74) is 7.95. The lowest BCUT2D eigenvalue weighted by Gasteiger charge is -2.24. The van der Waals surface area contributed by atoms with Crippen molar-refractivity contribution in [3.8, 4) is 0 Å². The second-order valence-electron chi connectivity index (χ2n) is 3.36. The van der Waals surface area contributed by atoms with Crippen LogP contribution in [0, 0.1) is 0 Å². The Labute approximate surface area is 81.7 Å². The fourth-order valence-electron chi connectivity index (χ4n) is 1.84. The predicted octanol–water partition coefficient (Wildman–Crippen LogP) is 0.488. The number of fused-ring (bicyclic) bond motifs is 1. The van der Waals surface area contributed by atoms with Gasteiger partial charge in [0.05, 0.1) is 11.7 Å². The van der Waals surface area contributed by atoms with E-state index in [1.807, 2.05) is 6.07 Å². The molecule has 1 aliphatic rings. The highest BCUT2D eigenvalue weighted by Gasteiger charge is 2.20. The van der Waals surface area contributed by atoms with Gasteiger partial charge in [-0.05, 0) is 23.6 Å². The van der Waals surface area contributed by atoms with Crippen LogP contribution in [0.4, 0.5) is 0 Å². The topological polar surface area (TPSA) is 75.3 Å². The van der Waals surface area contributed by atoms with Crippen LogP contribution in [-0.2, 0) is 6.42 Å². The molecule has 74 valence electrons. The third-order valence-electron chi connectivity index (χ3n) is 2.52. The van der Waals surface area contributed by atoms with Gasteiger partial charge in [0.1, 0.15) is 0 Å². The molecule has 1 heterocycles. The predicted molar refractivity (Wildman–Crippen MR) is 52.0 cm³/mol. The Bertz CT molecular complexity index is 376. The molecule has 0 amide bonds. The molecule has 4 nitrogen and oxygen atoms in total. The van der Waals surface area contributed by atoms with Crippen LogP contribution in [-0.4, -0.2) is 17.6 Å². The molecule has 4 N–H and O–H groups in total. The van der Waals surface area contributed by atoms with Crippen LogP contribution in [0.1, 0.15) is 27.7 Å². The van der Waals surface area contributed by atoms with E-state index in [0.29, 0.717) is 5.56 Å². The molecular formula is C10H12N2O2. The number of carboxylic acids is 1. The quantitative estimate of drug-likeness (QED) is 0.605. The first-order valence-corrected chi connectivity index (χ1v) is 4.54. The van der Waals surface area contributed by atoms with Gasteiger partial charge in [0.25, 0.3) is 0 Å². The summed E-state index contributed by atoms with van der Waals surface area (Å²) in [6.45, 7) is 0.735. The maximum absolute atomic E-state index is 10.9.